The number of aliphatic hydroxyl groups is 1. The van der Waals surface area contributed by atoms with E-state index in [0.29, 0.717) is 10.0 Å². The average molecular weight is 285 g/mol. The smallest absolute Gasteiger partial charge is 0.255 e. The van der Waals surface area contributed by atoms with Crippen molar-refractivity contribution < 1.29 is 9.90 Å². The number of aliphatic hydroxyl groups excluding tert-OH is 1. The number of hydrogen-bond donors (Lipinski definition) is 1. The first-order valence-electron chi connectivity index (χ1n) is 5.25. The van der Waals surface area contributed by atoms with Crippen LogP contribution in [-0.2, 0) is 0 Å². The SMILES string of the molecule is O=C(c1ccncc1Br)N1CCC[C@@H]1CO. The summed E-state index contributed by atoms with van der Waals surface area (Å²) in [5, 5.41) is 9.18. The quantitative estimate of drug-likeness (QED) is 0.894. The fraction of sp³-hybridized carbons (Fsp3) is 0.455. The lowest BCUT2D eigenvalue weighted by Gasteiger charge is -2.23. The molecule has 0 saturated carbocycles. The zero-order valence-electron chi connectivity index (χ0n) is 8.77. The van der Waals surface area contributed by atoms with Crippen molar-refractivity contribution in [2.45, 2.75) is 18.9 Å². The molecule has 0 aliphatic carbocycles. The molecule has 0 radical (unpaired) electrons. The summed E-state index contributed by atoms with van der Waals surface area (Å²) in [7, 11) is 0. The second kappa shape index (κ2) is 4.93. The fourth-order valence-corrected chi connectivity index (χ4v) is 2.42. The molecule has 1 aromatic rings. The molecule has 1 N–H and O–H groups in total. The molecule has 0 unspecified atom stereocenters. The van der Waals surface area contributed by atoms with E-state index in [1.165, 1.54) is 0 Å². The molecule has 1 aliphatic heterocycles. The van der Waals surface area contributed by atoms with Crippen LogP contribution in [0.1, 0.15) is 23.2 Å². The fourth-order valence-electron chi connectivity index (χ4n) is 2.00. The molecule has 1 saturated heterocycles. The van der Waals surface area contributed by atoms with Gasteiger partial charge in [-0.2, -0.15) is 0 Å². The molecule has 1 amide bonds. The van der Waals surface area contributed by atoms with Crippen LogP contribution < -0.4 is 0 Å². The zero-order valence-corrected chi connectivity index (χ0v) is 10.4. The van der Waals surface area contributed by atoms with E-state index in [1.54, 1.807) is 23.4 Å². The predicted molar refractivity (Wildman–Crippen MR) is 63.1 cm³/mol. The van der Waals surface area contributed by atoms with Gasteiger partial charge in [0.1, 0.15) is 0 Å². The van der Waals surface area contributed by atoms with Gasteiger partial charge in [-0.1, -0.05) is 0 Å². The summed E-state index contributed by atoms with van der Waals surface area (Å²) in [6, 6.07) is 1.66. The topological polar surface area (TPSA) is 53.4 Å². The minimum Gasteiger partial charge on any atom is -0.394 e. The number of rotatable bonds is 2. The van der Waals surface area contributed by atoms with E-state index in [9.17, 15) is 9.90 Å². The lowest BCUT2D eigenvalue weighted by molar-refractivity contribution is 0.0676. The van der Waals surface area contributed by atoms with Crippen molar-refractivity contribution in [1.82, 2.24) is 9.88 Å². The van der Waals surface area contributed by atoms with Gasteiger partial charge < -0.3 is 10.0 Å². The van der Waals surface area contributed by atoms with Crippen molar-refractivity contribution in [1.29, 1.82) is 0 Å². The van der Waals surface area contributed by atoms with Crippen LogP contribution in [0.5, 0.6) is 0 Å². The van der Waals surface area contributed by atoms with Crippen LogP contribution in [0, 0.1) is 0 Å². The number of likely N-dealkylation sites (tertiary alicyclic amines) is 1. The molecule has 86 valence electrons. The summed E-state index contributed by atoms with van der Waals surface area (Å²) in [4.78, 5) is 17.9. The van der Waals surface area contributed by atoms with Crippen LogP contribution >= 0.6 is 15.9 Å². The van der Waals surface area contributed by atoms with Crippen molar-refractivity contribution >= 4 is 21.8 Å². The molecule has 0 bridgehead atoms. The third-order valence-corrected chi connectivity index (χ3v) is 3.48. The van der Waals surface area contributed by atoms with Crippen LogP contribution in [0.15, 0.2) is 22.9 Å². The highest BCUT2D eigenvalue weighted by molar-refractivity contribution is 9.10. The van der Waals surface area contributed by atoms with Gasteiger partial charge in [-0.15, -0.1) is 0 Å². The highest BCUT2D eigenvalue weighted by Gasteiger charge is 2.29. The van der Waals surface area contributed by atoms with E-state index in [2.05, 4.69) is 20.9 Å². The Morgan fingerprint density at radius 1 is 1.69 bits per heavy atom. The highest BCUT2D eigenvalue weighted by Crippen LogP contribution is 2.23. The van der Waals surface area contributed by atoms with Crippen LogP contribution in [0.2, 0.25) is 0 Å². The lowest BCUT2D eigenvalue weighted by atomic mass is 10.2. The molecule has 5 heteroatoms. The maximum atomic E-state index is 12.2. The number of nitrogens with zero attached hydrogens (tertiary/aromatic N) is 2. The lowest BCUT2D eigenvalue weighted by Crippen LogP contribution is -2.37. The Bertz CT molecular complexity index is 397. The maximum Gasteiger partial charge on any atom is 0.255 e. The predicted octanol–water partition coefficient (Wildman–Crippen LogP) is 1.44. The summed E-state index contributed by atoms with van der Waals surface area (Å²) in [6.45, 7) is 0.757. The third-order valence-electron chi connectivity index (χ3n) is 2.85. The first-order chi connectivity index (χ1) is 7.74. The minimum absolute atomic E-state index is 0.0347. The minimum atomic E-state index is -0.0363. The first kappa shape index (κ1) is 11.5. The Morgan fingerprint density at radius 3 is 3.19 bits per heavy atom. The summed E-state index contributed by atoms with van der Waals surface area (Å²) in [6.07, 6.45) is 5.05. The Morgan fingerprint density at radius 2 is 2.50 bits per heavy atom. The number of hydrogen-bond acceptors (Lipinski definition) is 3. The highest BCUT2D eigenvalue weighted by atomic mass is 79.9. The van der Waals surface area contributed by atoms with Gasteiger partial charge >= 0.3 is 0 Å². The van der Waals surface area contributed by atoms with Gasteiger partial charge in [-0.25, -0.2) is 0 Å². The van der Waals surface area contributed by atoms with Crippen LogP contribution in [0.25, 0.3) is 0 Å². The molecule has 16 heavy (non-hydrogen) atoms. The molecule has 4 nitrogen and oxygen atoms in total. The second-order valence-electron chi connectivity index (χ2n) is 3.83. The molecule has 1 aliphatic rings. The molecule has 1 fully saturated rings. The Labute approximate surface area is 102 Å². The van der Waals surface area contributed by atoms with Gasteiger partial charge in [0.25, 0.3) is 5.91 Å². The monoisotopic (exact) mass is 284 g/mol. The number of amides is 1. The summed E-state index contributed by atoms with van der Waals surface area (Å²) < 4.78 is 0.698. The number of aromatic nitrogens is 1. The third kappa shape index (κ3) is 2.10. The Kier molecular flexibility index (Phi) is 3.56. The van der Waals surface area contributed by atoms with Crippen LogP contribution in [-0.4, -0.2) is 40.1 Å². The van der Waals surface area contributed by atoms with Crippen LogP contribution in [0.3, 0.4) is 0 Å². The molecule has 0 aromatic carbocycles. The molecule has 2 heterocycles. The van der Waals surface area contributed by atoms with Crippen molar-refractivity contribution in [3.63, 3.8) is 0 Å². The number of pyridine rings is 1. The second-order valence-corrected chi connectivity index (χ2v) is 4.69. The molecule has 1 atom stereocenters. The number of halogens is 1. The zero-order chi connectivity index (χ0) is 11.5. The molecule has 2 rings (SSSR count). The van der Waals surface area contributed by atoms with Crippen LogP contribution in [0.4, 0.5) is 0 Å². The standard InChI is InChI=1S/C11H13BrN2O2/c12-10-6-13-4-3-9(10)11(16)14-5-1-2-8(14)7-15/h3-4,6,8,15H,1-2,5,7H2/t8-/m1/s1. The summed E-state index contributed by atoms with van der Waals surface area (Å²) in [5.74, 6) is -0.0363. The maximum absolute atomic E-state index is 12.2. The van der Waals surface area contributed by atoms with E-state index >= 15 is 0 Å². The number of carbonyl (C=O) groups excluding carboxylic acids is 1. The average Bonchev–Trinajstić information content (AvgIpc) is 2.77. The van der Waals surface area contributed by atoms with Gasteiger partial charge in [0.2, 0.25) is 0 Å². The van der Waals surface area contributed by atoms with Gasteiger partial charge in [0.05, 0.1) is 18.2 Å². The summed E-state index contributed by atoms with van der Waals surface area (Å²) >= 11 is 3.31. The number of carbonyl (C=O) groups is 1. The van der Waals surface area contributed by atoms with Gasteiger partial charge in [-0.3, -0.25) is 9.78 Å². The van der Waals surface area contributed by atoms with Gasteiger partial charge in [0.15, 0.2) is 0 Å². The van der Waals surface area contributed by atoms with Gasteiger partial charge in [-0.05, 0) is 34.8 Å². The van der Waals surface area contributed by atoms with Gasteiger partial charge in [0, 0.05) is 23.4 Å². The normalized spacial score (nSPS) is 20.1. The summed E-state index contributed by atoms with van der Waals surface area (Å²) in [5.41, 5.74) is 0.607. The first-order valence-corrected chi connectivity index (χ1v) is 6.04. The van der Waals surface area contributed by atoms with E-state index in [4.69, 9.17) is 0 Å². The molecule has 0 spiro atoms. The van der Waals surface area contributed by atoms with E-state index in [0.717, 1.165) is 19.4 Å². The molecular formula is C11H13BrN2O2. The Balaban J connectivity index is 2.22. The molecule has 1 aromatic heterocycles. The van der Waals surface area contributed by atoms with E-state index < -0.39 is 0 Å². The van der Waals surface area contributed by atoms with Crippen molar-refractivity contribution in [3.05, 3.63) is 28.5 Å². The van der Waals surface area contributed by atoms with Crippen molar-refractivity contribution in [2.75, 3.05) is 13.2 Å². The van der Waals surface area contributed by atoms with Crippen molar-refractivity contribution in [2.24, 2.45) is 0 Å². The van der Waals surface area contributed by atoms with E-state index in [-0.39, 0.29) is 18.6 Å². The molecular weight excluding hydrogens is 272 g/mol. The Hall–Kier alpha value is -0.940. The van der Waals surface area contributed by atoms with E-state index in [1.807, 2.05) is 0 Å². The van der Waals surface area contributed by atoms with Crippen molar-refractivity contribution in [3.8, 4) is 0 Å². The largest absolute Gasteiger partial charge is 0.394 e.